The van der Waals surface area contributed by atoms with Gasteiger partial charge in [0.2, 0.25) is 0 Å². The van der Waals surface area contributed by atoms with Crippen molar-refractivity contribution in [2.75, 3.05) is 0 Å². The number of hydrogen-bond donors (Lipinski definition) is 0. The van der Waals surface area contributed by atoms with Gasteiger partial charge in [-0.05, 0) is 23.9 Å². The van der Waals surface area contributed by atoms with Gasteiger partial charge in [0.25, 0.3) is 0 Å². The largest absolute Gasteiger partial charge is 0.460 e. The van der Waals surface area contributed by atoms with E-state index < -0.39 is 39.9 Å². The highest BCUT2D eigenvalue weighted by molar-refractivity contribution is 9.11. The molecule has 125 valence electrons. The highest BCUT2D eigenvalue weighted by Gasteiger charge is 2.82. The van der Waals surface area contributed by atoms with E-state index in [2.05, 4.69) is 37.9 Å². The Labute approximate surface area is 138 Å². The van der Waals surface area contributed by atoms with Crippen LogP contribution >= 0.6 is 43.6 Å². The highest BCUT2D eigenvalue weighted by Crippen LogP contribution is 2.58. The van der Waals surface area contributed by atoms with Crippen LogP contribution in [0.1, 0.15) is 0 Å². The van der Waals surface area contributed by atoms with Crippen LogP contribution in [0.4, 0.5) is 39.5 Å². The molecule has 0 bridgehead atoms. The molecule has 0 N–H and O–H groups in total. The van der Waals surface area contributed by atoms with Gasteiger partial charge in [0.05, 0.1) is 0 Å². The number of thioether (sulfide) groups is 1. The zero-order valence-electron chi connectivity index (χ0n) is 9.72. The second-order valence-electron chi connectivity index (χ2n) is 3.78. The van der Waals surface area contributed by atoms with E-state index >= 15 is 0 Å². The summed E-state index contributed by atoms with van der Waals surface area (Å²) >= 11 is 4.45. The Morgan fingerprint density at radius 3 is 1.73 bits per heavy atom. The predicted octanol–water partition coefficient (Wildman–Crippen LogP) is 6.53. The molecule has 12 heteroatoms. The summed E-state index contributed by atoms with van der Waals surface area (Å²) in [6, 6.07) is 4.16. The fourth-order valence-electron chi connectivity index (χ4n) is 1.10. The molecule has 0 saturated heterocycles. The molecule has 0 saturated carbocycles. The van der Waals surface area contributed by atoms with Gasteiger partial charge in [0.1, 0.15) is 0 Å². The van der Waals surface area contributed by atoms with Gasteiger partial charge < -0.3 is 0 Å². The summed E-state index contributed by atoms with van der Waals surface area (Å²) in [5.41, 5.74) is 0. The molecular weight excluding hydrogens is 483 g/mol. The minimum atomic E-state index is -6.90. The van der Waals surface area contributed by atoms with Crippen molar-refractivity contribution in [3.63, 3.8) is 0 Å². The van der Waals surface area contributed by atoms with Crippen molar-refractivity contribution in [1.82, 2.24) is 0 Å². The van der Waals surface area contributed by atoms with Crippen LogP contribution in [0.25, 0.3) is 0 Å². The third-order valence-corrected chi connectivity index (χ3v) is 3.97. The molecule has 0 fully saturated rings. The summed E-state index contributed by atoms with van der Waals surface area (Å²) in [4.78, 5) is -0.760. The number of alkyl halides is 9. The maximum atomic E-state index is 13.4. The van der Waals surface area contributed by atoms with Crippen molar-refractivity contribution < 1.29 is 39.5 Å². The Hall–Kier alpha value is -0.100. The van der Waals surface area contributed by atoms with Gasteiger partial charge in [-0.3, -0.25) is 0 Å². The molecule has 0 aromatic heterocycles. The minimum Gasteiger partial charge on any atom is -0.191 e. The van der Waals surface area contributed by atoms with Crippen LogP contribution in [0.5, 0.6) is 0 Å². The number of benzene rings is 1. The van der Waals surface area contributed by atoms with Crippen molar-refractivity contribution in [2.24, 2.45) is 0 Å². The quantitative estimate of drug-likeness (QED) is 0.346. The van der Waals surface area contributed by atoms with Crippen LogP contribution in [0.3, 0.4) is 0 Å². The summed E-state index contributed by atoms with van der Waals surface area (Å²) in [5.74, 6) is -13.6. The first-order valence-electron chi connectivity index (χ1n) is 4.89. The topological polar surface area (TPSA) is 0 Å². The van der Waals surface area contributed by atoms with E-state index in [1.807, 2.05) is 0 Å². The predicted molar refractivity (Wildman–Crippen MR) is 67.4 cm³/mol. The highest BCUT2D eigenvalue weighted by atomic mass is 79.9. The summed E-state index contributed by atoms with van der Waals surface area (Å²) in [5, 5.41) is -5.73. The minimum absolute atomic E-state index is 0.00562. The van der Waals surface area contributed by atoms with Crippen molar-refractivity contribution in [3.8, 4) is 0 Å². The molecule has 0 heterocycles. The Kier molecular flexibility index (Phi) is 5.51. The number of hydrogen-bond acceptors (Lipinski definition) is 1. The third kappa shape index (κ3) is 3.69. The van der Waals surface area contributed by atoms with E-state index in [4.69, 9.17) is 0 Å². The summed E-state index contributed by atoms with van der Waals surface area (Å²) in [6.07, 6.45) is -6.83. The molecule has 0 amide bonds. The van der Waals surface area contributed by atoms with Gasteiger partial charge >= 0.3 is 23.3 Å². The lowest BCUT2D eigenvalue weighted by atomic mass is 10.1. The van der Waals surface area contributed by atoms with Crippen molar-refractivity contribution in [2.45, 2.75) is 28.2 Å². The zero-order valence-corrected chi connectivity index (χ0v) is 13.7. The summed E-state index contributed by atoms with van der Waals surface area (Å²) in [6.45, 7) is 0. The molecule has 1 rings (SSSR count). The van der Waals surface area contributed by atoms with Gasteiger partial charge in [-0.1, -0.05) is 31.9 Å². The molecule has 0 nitrogen and oxygen atoms in total. The first-order chi connectivity index (χ1) is 9.62. The van der Waals surface area contributed by atoms with E-state index in [9.17, 15) is 39.5 Å². The van der Waals surface area contributed by atoms with Crippen molar-refractivity contribution >= 4 is 43.6 Å². The summed E-state index contributed by atoms with van der Waals surface area (Å²) < 4.78 is 114. The van der Waals surface area contributed by atoms with E-state index in [0.717, 1.165) is 6.07 Å². The van der Waals surface area contributed by atoms with E-state index in [1.54, 1.807) is 0 Å². The number of rotatable bonds is 4. The van der Waals surface area contributed by atoms with Gasteiger partial charge in [-0.15, -0.1) is 0 Å². The van der Waals surface area contributed by atoms with E-state index in [-0.39, 0.29) is 8.95 Å². The average Bonchev–Trinajstić information content (AvgIpc) is 2.24. The van der Waals surface area contributed by atoms with Crippen LogP contribution in [0.2, 0.25) is 0 Å². The fourth-order valence-corrected chi connectivity index (χ4v) is 3.48. The molecule has 0 aliphatic heterocycles. The van der Waals surface area contributed by atoms with Crippen molar-refractivity contribution in [3.05, 3.63) is 27.1 Å². The van der Waals surface area contributed by atoms with Crippen LogP contribution in [-0.4, -0.2) is 23.3 Å². The SMILES string of the molecule is FC(F)(F)C(F)(F)C(F)(F)C(F)(F)Sc1[c]c(Br)cc(Br)c1. The molecule has 1 aromatic carbocycles. The van der Waals surface area contributed by atoms with Gasteiger partial charge in [0, 0.05) is 19.9 Å². The molecule has 0 unspecified atom stereocenters. The Balaban J connectivity index is 3.21. The van der Waals surface area contributed by atoms with E-state index in [1.165, 1.54) is 6.07 Å². The Morgan fingerprint density at radius 1 is 0.818 bits per heavy atom. The van der Waals surface area contributed by atoms with Crippen LogP contribution in [0.15, 0.2) is 26.0 Å². The molecular formula is C10H2Br2F9S. The zero-order chi connectivity index (χ0) is 17.6. The van der Waals surface area contributed by atoms with Crippen molar-refractivity contribution in [1.29, 1.82) is 0 Å². The second-order valence-corrected chi connectivity index (χ2v) is 6.70. The standard InChI is InChI=1S/C10H2Br2F9S/c11-4-1-5(12)3-6(2-4)22-10(20,21)8(15,16)7(13,14)9(17,18)19/h1-2H. The molecule has 1 aromatic rings. The normalized spacial score (nSPS) is 14.3. The second kappa shape index (κ2) is 6.08. The van der Waals surface area contributed by atoms with Gasteiger partial charge in [0.15, 0.2) is 0 Å². The fraction of sp³-hybridized carbons (Fsp3) is 0.400. The molecule has 22 heavy (non-hydrogen) atoms. The monoisotopic (exact) mass is 483 g/mol. The lowest BCUT2D eigenvalue weighted by molar-refractivity contribution is -0.381. The lowest BCUT2D eigenvalue weighted by Gasteiger charge is -2.33. The molecule has 0 aliphatic rings. The maximum Gasteiger partial charge on any atom is 0.460 e. The molecule has 0 aliphatic carbocycles. The average molecular weight is 485 g/mol. The first-order valence-corrected chi connectivity index (χ1v) is 7.29. The van der Waals surface area contributed by atoms with Gasteiger partial charge in [-0.2, -0.15) is 39.5 Å². The lowest BCUT2D eigenvalue weighted by Crippen LogP contribution is -2.59. The van der Waals surface area contributed by atoms with Gasteiger partial charge in [-0.25, -0.2) is 0 Å². The maximum absolute atomic E-state index is 13.4. The third-order valence-electron chi connectivity index (χ3n) is 2.13. The Bertz CT molecular complexity index is 536. The van der Waals surface area contributed by atoms with Crippen LogP contribution < -0.4 is 0 Å². The number of halogens is 11. The molecule has 0 spiro atoms. The molecule has 1 radical (unpaired) electrons. The van der Waals surface area contributed by atoms with Crippen LogP contribution in [-0.2, 0) is 0 Å². The summed E-state index contributed by atoms with van der Waals surface area (Å²) in [7, 11) is 0. The first kappa shape index (κ1) is 19.9. The smallest absolute Gasteiger partial charge is 0.191 e. The van der Waals surface area contributed by atoms with E-state index in [0.29, 0.717) is 0 Å². The molecule has 0 atom stereocenters. The Morgan fingerprint density at radius 2 is 1.32 bits per heavy atom. The van der Waals surface area contributed by atoms with Crippen LogP contribution in [0, 0.1) is 6.07 Å².